The molecule has 5 N–H and O–H groups in total. The zero-order chi connectivity index (χ0) is 26.8. The van der Waals surface area contributed by atoms with Gasteiger partial charge in [-0.1, -0.05) is 41.9 Å². The molecule has 1 aliphatic heterocycles. The largest absolute Gasteiger partial charge is 0.388 e. The Hall–Kier alpha value is -3.48. The van der Waals surface area contributed by atoms with Crippen molar-refractivity contribution in [3.05, 3.63) is 63.9 Å². The van der Waals surface area contributed by atoms with Gasteiger partial charge in [0.1, 0.15) is 0 Å². The number of nitrogens with two attached hydrogens (primary N) is 2. The van der Waals surface area contributed by atoms with Crippen LogP contribution in [0.4, 0.5) is 5.69 Å². The molecule has 0 radical (unpaired) electrons. The van der Waals surface area contributed by atoms with E-state index >= 15 is 0 Å². The Balaban J connectivity index is 0.000000850. The number of fused-ring (bicyclic) bond motifs is 1. The standard InChI is InChI=1S/C20H21BrN8O2.C2H6O.C2H6/c1-12-2-3-13(19(22)26-29(23)15-9-27(10-15)11-30)6-17(12)25-20(31)16-8-24-28-5-4-14(21)7-18(16)28;1-3-2;1-2/h2-8,11,15H,9-10,23H2,1H3,(H2,22,26)(H,25,31);1-2H3;1-2H3. The molecule has 0 atom stereocenters. The maximum atomic E-state index is 12.9. The lowest BCUT2D eigenvalue weighted by Gasteiger charge is -2.39. The number of aromatic nitrogens is 2. The van der Waals surface area contributed by atoms with Gasteiger partial charge in [-0.05, 0) is 30.7 Å². The number of anilines is 1. The molecule has 0 spiro atoms. The molecule has 2 aromatic heterocycles. The van der Waals surface area contributed by atoms with E-state index in [0.717, 1.165) is 16.4 Å². The highest BCUT2D eigenvalue weighted by Crippen LogP contribution is 2.21. The van der Waals surface area contributed by atoms with Crippen LogP contribution in [-0.4, -0.2) is 71.1 Å². The molecular weight excluding hydrogens is 528 g/mol. The fourth-order valence-corrected chi connectivity index (χ4v) is 3.58. The molecule has 1 saturated heterocycles. The van der Waals surface area contributed by atoms with Gasteiger partial charge < -0.3 is 20.7 Å². The van der Waals surface area contributed by atoms with Crippen molar-refractivity contribution in [1.82, 2.24) is 19.6 Å². The van der Waals surface area contributed by atoms with E-state index in [1.807, 2.05) is 45.0 Å². The second-order valence-corrected chi connectivity index (χ2v) is 8.62. The van der Waals surface area contributed by atoms with Crippen molar-refractivity contribution in [2.45, 2.75) is 26.8 Å². The Morgan fingerprint density at radius 1 is 1.28 bits per heavy atom. The topological polar surface area (TPSA) is 144 Å². The van der Waals surface area contributed by atoms with Gasteiger partial charge in [-0.3, -0.25) is 9.59 Å². The summed E-state index contributed by atoms with van der Waals surface area (Å²) in [5.74, 6) is 5.88. The van der Waals surface area contributed by atoms with E-state index in [9.17, 15) is 9.59 Å². The molecule has 3 aromatic rings. The second kappa shape index (κ2) is 13.6. The third-order valence-electron chi connectivity index (χ3n) is 5.15. The highest BCUT2D eigenvalue weighted by molar-refractivity contribution is 9.10. The number of carbonyl (C=O) groups is 2. The van der Waals surface area contributed by atoms with Gasteiger partial charge in [0.05, 0.1) is 23.3 Å². The number of nitrogens with one attached hydrogen (secondary N) is 1. The van der Waals surface area contributed by atoms with E-state index in [0.29, 0.717) is 35.4 Å². The lowest BCUT2D eigenvalue weighted by Crippen LogP contribution is -2.59. The number of methoxy groups -OCH3 is 1. The van der Waals surface area contributed by atoms with Gasteiger partial charge in [-0.25, -0.2) is 15.5 Å². The zero-order valence-corrected chi connectivity index (χ0v) is 22.7. The number of halogens is 1. The molecule has 1 aromatic carbocycles. The summed E-state index contributed by atoms with van der Waals surface area (Å²) in [6.45, 7) is 6.89. The molecule has 1 aliphatic rings. The lowest BCUT2D eigenvalue weighted by atomic mass is 10.1. The number of ether oxygens (including phenoxy) is 1. The summed E-state index contributed by atoms with van der Waals surface area (Å²) in [5.41, 5.74) is 9.35. The summed E-state index contributed by atoms with van der Waals surface area (Å²) in [7, 11) is 3.25. The summed E-state index contributed by atoms with van der Waals surface area (Å²) >= 11 is 3.42. The minimum atomic E-state index is -0.285. The molecule has 36 heavy (non-hydrogen) atoms. The minimum absolute atomic E-state index is 0.0803. The quantitative estimate of drug-likeness (QED) is 0.138. The van der Waals surface area contributed by atoms with Crippen molar-refractivity contribution in [2.24, 2.45) is 16.7 Å². The normalized spacial score (nSPS) is 13.1. The van der Waals surface area contributed by atoms with Crippen LogP contribution in [-0.2, 0) is 9.53 Å². The predicted molar refractivity (Wildman–Crippen MR) is 144 cm³/mol. The smallest absolute Gasteiger partial charge is 0.259 e. The average molecular weight is 561 g/mol. The summed E-state index contributed by atoms with van der Waals surface area (Å²) in [6, 6.07) is 9.00. The second-order valence-electron chi connectivity index (χ2n) is 7.70. The van der Waals surface area contributed by atoms with Crippen LogP contribution in [0, 0.1) is 6.92 Å². The number of pyridine rings is 1. The number of rotatable bonds is 6. The van der Waals surface area contributed by atoms with E-state index in [-0.39, 0.29) is 17.8 Å². The van der Waals surface area contributed by atoms with Gasteiger partial charge in [0, 0.05) is 49.2 Å². The number of hydrogen-bond donors (Lipinski definition) is 3. The summed E-state index contributed by atoms with van der Waals surface area (Å²) in [6.07, 6.45) is 4.07. The summed E-state index contributed by atoms with van der Waals surface area (Å²) in [5, 5.41) is 12.6. The Kier molecular flexibility index (Phi) is 10.8. The molecule has 194 valence electrons. The lowest BCUT2D eigenvalue weighted by molar-refractivity contribution is -0.124. The van der Waals surface area contributed by atoms with Crippen LogP contribution < -0.4 is 16.9 Å². The molecule has 0 unspecified atom stereocenters. The first-order chi connectivity index (χ1) is 17.3. The van der Waals surface area contributed by atoms with E-state index in [1.54, 1.807) is 35.9 Å². The van der Waals surface area contributed by atoms with Crippen LogP contribution in [0.3, 0.4) is 0 Å². The number of amidine groups is 1. The number of hydrogen-bond acceptors (Lipinski definition) is 7. The van der Waals surface area contributed by atoms with Crippen molar-refractivity contribution in [1.29, 1.82) is 0 Å². The number of hydrazone groups is 1. The number of hydrazine groups is 1. The van der Waals surface area contributed by atoms with Gasteiger partial charge in [-0.15, -0.1) is 5.10 Å². The van der Waals surface area contributed by atoms with Gasteiger partial charge in [0.15, 0.2) is 5.84 Å². The van der Waals surface area contributed by atoms with E-state index in [1.165, 1.54) is 11.3 Å². The molecule has 12 heteroatoms. The molecule has 11 nitrogen and oxygen atoms in total. The van der Waals surface area contributed by atoms with Gasteiger partial charge >= 0.3 is 0 Å². The maximum absolute atomic E-state index is 12.9. The van der Waals surface area contributed by atoms with Crippen molar-refractivity contribution in [2.75, 3.05) is 32.6 Å². The number of aryl methyl sites for hydroxylation is 1. The number of amides is 2. The predicted octanol–water partition coefficient (Wildman–Crippen LogP) is 2.58. The third-order valence-corrected chi connectivity index (χ3v) is 5.64. The molecule has 2 amide bonds. The summed E-state index contributed by atoms with van der Waals surface area (Å²) in [4.78, 5) is 25.2. The monoisotopic (exact) mass is 560 g/mol. The first-order valence-corrected chi connectivity index (χ1v) is 12.1. The molecule has 0 aliphatic carbocycles. The fourth-order valence-electron chi connectivity index (χ4n) is 3.24. The van der Waals surface area contributed by atoms with E-state index in [4.69, 9.17) is 11.6 Å². The van der Waals surface area contributed by atoms with E-state index in [2.05, 4.69) is 36.2 Å². The van der Waals surface area contributed by atoms with Gasteiger partial charge in [0.2, 0.25) is 6.41 Å². The fraction of sp³-hybridized carbons (Fsp3) is 0.333. The van der Waals surface area contributed by atoms with Crippen LogP contribution in [0.2, 0.25) is 0 Å². The van der Waals surface area contributed by atoms with Crippen LogP contribution in [0.15, 0.2) is 52.3 Å². The van der Waals surface area contributed by atoms with Crippen LogP contribution in [0.5, 0.6) is 0 Å². The number of benzene rings is 1. The molecular formula is C24H33BrN8O3. The van der Waals surface area contributed by atoms with Crippen LogP contribution >= 0.6 is 15.9 Å². The Labute approximate surface area is 219 Å². The zero-order valence-electron chi connectivity index (χ0n) is 21.1. The van der Waals surface area contributed by atoms with Crippen molar-refractivity contribution in [3.63, 3.8) is 0 Å². The highest BCUT2D eigenvalue weighted by Gasteiger charge is 2.29. The number of carbonyl (C=O) groups excluding carboxylic acids is 2. The molecule has 4 rings (SSSR count). The third kappa shape index (κ3) is 7.03. The first-order valence-electron chi connectivity index (χ1n) is 11.3. The van der Waals surface area contributed by atoms with Crippen molar-refractivity contribution < 1.29 is 14.3 Å². The highest BCUT2D eigenvalue weighted by atomic mass is 79.9. The Morgan fingerprint density at radius 3 is 2.58 bits per heavy atom. The van der Waals surface area contributed by atoms with Crippen LogP contribution in [0.25, 0.3) is 5.52 Å². The minimum Gasteiger partial charge on any atom is -0.388 e. The first kappa shape index (κ1) is 28.8. The van der Waals surface area contributed by atoms with Gasteiger partial charge in [0.25, 0.3) is 5.91 Å². The SMILES string of the molecule is CC.COC.Cc1ccc(/C(N)=N/N(N)C2CN(C=O)C2)cc1NC(=O)c1cnn2ccc(Br)cc12. The average Bonchev–Trinajstić information content (AvgIpc) is 3.24. The Bertz CT molecular complexity index is 1210. The van der Waals surface area contributed by atoms with Crippen molar-refractivity contribution >= 4 is 45.3 Å². The maximum Gasteiger partial charge on any atom is 0.259 e. The summed E-state index contributed by atoms with van der Waals surface area (Å²) < 4.78 is 6.74. The number of nitrogens with zero attached hydrogens (tertiary/aromatic N) is 5. The van der Waals surface area contributed by atoms with Crippen LogP contribution in [0.1, 0.15) is 35.3 Å². The Morgan fingerprint density at radius 2 is 1.94 bits per heavy atom. The van der Waals surface area contributed by atoms with E-state index < -0.39 is 0 Å². The molecule has 3 heterocycles. The molecule has 1 fully saturated rings. The molecule has 0 bridgehead atoms. The molecule has 0 saturated carbocycles. The van der Waals surface area contributed by atoms with Gasteiger partial charge in [-0.2, -0.15) is 5.10 Å². The van der Waals surface area contributed by atoms with Crippen molar-refractivity contribution in [3.8, 4) is 0 Å². The number of likely N-dealkylation sites (tertiary alicyclic amines) is 1.